The summed E-state index contributed by atoms with van der Waals surface area (Å²) in [6, 6.07) is 11.1. The van der Waals surface area contributed by atoms with Crippen molar-refractivity contribution in [3.05, 3.63) is 48.2 Å². The lowest BCUT2D eigenvalue weighted by Crippen LogP contribution is -2.45. The number of nitrogens with two attached hydrogens (primary N) is 1. The Morgan fingerprint density at radius 3 is 2.96 bits per heavy atom. The van der Waals surface area contributed by atoms with Gasteiger partial charge in [0.1, 0.15) is 11.6 Å². The van der Waals surface area contributed by atoms with Crippen molar-refractivity contribution in [1.29, 1.82) is 0 Å². The van der Waals surface area contributed by atoms with Gasteiger partial charge in [0.2, 0.25) is 0 Å². The second-order valence-electron chi connectivity index (χ2n) is 5.88. The molecule has 1 amide bonds. The number of nitrogens with zero attached hydrogens (tertiary/aromatic N) is 2. The van der Waals surface area contributed by atoms with Crippen LogP contribution in [-0.2, 0) is 0 Å². The number of amides is 1. The first kappa shape index (κ1) is 16.3. The lowest BCUT2D eigenvalue weighted by atomic mass is 10.1. The van der Waals surface area contributed by atoms with Crippen LogP contribution in [-0.4, -0.2) is 42.0 Å². The predicted octanol–water partition coefficient (Wildman–Crippen LogP) is 2.40. The molecule has 0 spiro atoms. The number of hydrogen-bond donors (Lipinski definition) is 2. The van der Waals surface area contributed by atoms with E-state index in [1.54, 1.807) is 30.3 Å². The number of para-hydroxylation sites is 2. The van der Waals surface area contributed by atoms with Gasteiger partial charge < -0.3 is 20.7 Å². The van der Waals surface area contributed by atoms with Gasteiger partial charge >= 0.3 is 0 Å². The number of benzene rings is 1. The molecule has 1 unspecified atom stereocenters. The highest BCUT2D eigenvalue weighted by atomic mass is 16.5. The van der Waals surface area contributed by atoms with Crippen molar-refractivity contribution in [3.63, 3.8) is 0 Å². The summed E-state index contributed by atoms with van der Waals surface area (Å²) in [5, 5.41) is 3.21. The molecular weight excluding hydrogens is 304 g/mol. The summed E-state index contributed by atoms with van der Waals surface area (Å²) in [4.78, 5) is 19.0. The smallest absolute Gasteiger partial charge is 0.257 e. The Balaban J connectivity index is 1.86. The molecule has 24 heavy (non-hydrogen) atoms. The molecule has 1 saturated heterocycles. The number of piperidine rings is 1. The summed E-state index contributed by atoms with van der Waals surface area (Å²) in [5.74, 6) is 1.17. The summed E-state index contributed by atoms with van der Waals surface area (Å²) in [5.41, 5.74) is 7.30. The van der Waals surface area contributed by atoms with E-state index in [4.69, 9.17) is 10.5 Å². The first-order chi connectivity index (χ1) is 11.7. The van der Waals surface area contributed by atoms with Crippen LogP contribution in [0.5, 0.6) is 5.75 Å². The normalized spacial score (nSPS) is 17.4. The Labute approximate surface area is 141 Å². The molecule has 0 saturated carbocycles. The standard InChI is InChI=1S/C18H22N4O2/c1-24-16-9-3-2-8-15(16)21-17-14(7-4-10-20-17)18(23)22-11-5-6-13(19)12-22/h2-4,7-10,13H,5-6,11-12,19H2,1H3,(H,20,21). The molecule has 3 N–H and O–H groups in total. The van der Waals surface area contributed by atoms with Crippen molar-refractivity contribution in [2.24, 2.45) is 5.73 Å². The number of aromatic nitrogens is 1. The average Bonchev–Trinajstić information content (AvgIpc) is 2.62. The van der Waals surface area contributed by atoms with Crippen LogP contribution in [0.2, 0.25) is 0 Å². The Hall–Kier alpha value is -2.60. The fraction of sp³-hybridized carbons (Fsp3) is 0.333. The van der Waals surface area contributed by atoms with E-state index in [2.05, 4.69) is 10.3 Å². The van der Waals surface area contributed by atoms with Crippen LogP contribution in [0.25, 0.3) is 0 Å². The third kappa shape index (κ3) is 3.49. The van der Waals surface area contributed by atoms with E-state index in [0.717, 1.165) is 25.1 Å². The highest BCUT2D eigenvalue weighted by molar-refractivity contribution is 5.99. The number of ether oxygens (including phenoxy) is 1. The summed E-state index contributed by atoms with van der Waals surface area (Å²) >= 11 is 0. The van der Waals surface area contributed by atoms with E-state index in [-0.39, 0.29) is 11.9 Å². The quantitative estimate of drug-likeness (QED) is 0.902. The van der Waals surface area contributed by atoms with Crippen LogP contribution in [0.1, 0.15) is 23.2 Å². The molecule has 1 aromatic heterocycles. The molecule has 1 aromatic carbocycles. The third-order valence-electron chi connectivity index (χ3n) is 4.14. The molecule has 6 heteroatoms. The SMILES string of the molecule is COc1ccccc1Nc1ncccc1C(=O)N1CCCC(N)C1. The second-order valence-corrected chi connectivity index (χ2v) is 5.88. The van der Waals surface area contributed by atoms with Crippen molar-refractivity contribution < 1.29 is 9.53 Å². The van der Waals surface area contributed by atoms with E-state index in [1.807, 2.05) is 24.3 Å². The van der Waals surface area contributed by atoms with Gasteiger partial charge in [-0.1, -0.05) is 12.1 Å². The number of pyridine rings is 1. The van der Waals surface area contributed by atoms with Crippen molar-refractivity contribution in [1.82, 2.24) is 9.88 Å². The molecule has 6 nitrogen and oxygen atoms in total. The fourth-order valence-corrected chi connectivity index (χ4v) is 2.92. The zero-order valence-corrected chi connectivity index (χ0v) is 13.7. The summed E-state index contributed by atoms with van der Waals surface area (Å²) < 4.78 is 5.35. The van der Waals surface area contributed by atoms with Crippen LogP contribution in [0, 0.1) is 0 Å². The van der Waals surface area contributed by atoms with Crippen molar-refractivity contribution in [3.8, 4) is 5.75 Å². The van der Waals surface area contributed by atoms with Crippen LogP contribution in [0.4, 0.5) is 11.5 Å². The second kappa shape index (κ2) is 7.31. The molecule has 3 rings (SSSR count). The van der Waals surface area contributed by atoms with Gasteiger partial charge in [0.15, 0.2) is 0 Å². The summed E-state index contributed by atoms with van der Waals surface area (Å²) in [6.07, 6.45) is 3.56. The Bertz CT molecular complexity index is 720. The lowest BCUT2D eigenvalue weighted by Gasteiger charge is -2.31. The zero-order valence-electron chi connectivity index (χ0n) is 13.7. The van der Waals surface area contributed by atoms with E-state index >= 15 is 0 Å². The molecule has 0 radical (unpaired) electrons. The van der Waals surface area contributed by atoms with Crippen LogP contribution < -0.4 is 15.8 Å². The minimum Gasteiger partial charge on any atom is -0.495 e. The van der Waals surface area contributed by atoms with Gasteiger partial charge in [-0.2, -0.15) is 0 Å². The first-order valence-corrected chi connectivity index (χ1v) is 8.09. The number of carbonyl (C=O) groups is 1. The highest BCUT2D eigenvalue weighted by Gasteiger charge is 2.24. The maximum atomic E-state index is 12.9. The number of methoxy groups -OCH3 is 1. The summed E-state index contributed by atoms with van der Waals surface area (Å²) in [6.45, 7) is 1.32. The largest absolute Gasteiger partial charge is 0.495 e. The average molecular weight is 326 g/mol. The molecule has 0 bridgehead atoms. The minimum atomic E-state index is -0.0457. The highest BCUT2D eigenvalue weighted by Crippen LogP contribution is 2.28. The number of nitrogens with one attached hydrogen (secondary N) is 1. The first-order valence-electron chi connectivity index (χ1n) is 8.09. The molecule has 1 atom stereocenters. The van der Waals surface area contributed by atoms with Gasteiger partial charge in [-0.05, 0) is 37.1 Å². The van der Waals surface area contributed by atoms with E-state index in [0.29, 0.717) is 23.7 Å². The van der Waals surface area contributed by atoms with Crippen LogP contribution >= 0.6 is 0 Å². The molecule has 2 heterocycles. The lowest BCUT2D eigenvalue weighted by molar-refractivity contribution is 0.0709. The maximum absolute atomic E-state index is 12.9. The van der Waals surface area contributed by atoms with Crippen LogP contribution in [0.3, 0.4) is 0 Å². The van der Waals surface area contributed by atoms with Gasteiger partial charge in [-0.3, -0.25) is 4.79 Å². The Morgan fingerprint density at radius 1 is 1.33 bits per heavy atom. The molecule has 1 aliphatic heterocycles. The topological polar surface area (TPSA) is 80.5 Å². The summed E-state index contributed by atoms with van der Waals surface area (Å²) in [7, 11) is 1.61. The number of hydrogen-bond acceptors (Lipinski definition) is 5. The minimum absolute atomic E-state index is 0.0457. The fourth-order valence-electron chi connectivity index (χ4n) is 2.92. The molecule has 2 aromatic rings. The molecule has 1 fully saturated rings. The molecule has 126 valence electrons. The number of anilines is 2. The van der Waals surface area contributed by atoms with Gasteiger partial charge in [-0.15, -0.1) is 0 Å². The predicted molar refractivity (Wildman–Crippen MR) is 93.6 cm³/mol. The van der Waals surface area contributed by atoms with Crippen molar-refractivity contribution in [2.45, 2.75) is 18.9 Å². The zero-order chi connectivity index (χ0) is 16.9. The maximum Gasteiger partial charge on any atom is 0.257 e. The number of likely N-dealkylation sites (tertiary alicyclic amines) is 1. The molecule has 1 aliphatic rings. The number of carbonyl (C=O) groups excluding carboxylic acids is 1. The number of rotatable bonds is 4. The Morgan fingerprint density at radius 2 is 2.17 bits per heavy atom. The van der Waals surface area contributed by atoms with E-state index in [9.17, 15) is 4.79 Å². The van der Waals surface area contributed by atoms with E-state index < -0.39 is 0 Å². The van der Waals surface area contributed by atoms with Gasteiger partial charge in [0.25, 0.3) is 5.91 Å². The van der Waals surface area contributed by atoms with Gasteiger partial charge in [0.05, 0.1) is 18.4 Å². The van der Waals surface area contributed by atoms with E-state index in [1.165, 1.54) is 0 Å². The van der Waals surface area contributed by atoms with Gasteiger partial charge in [-0.25, -0.2) is 4.98 Å². The molecular formula is C18H22N4O2. The van der Waals surface area contributed by atoms with Gasteiger partial charge in [0, 0.05) is 25.3 Å². The van der Waals surface area contributed by atoms with Crippen LogP contribution in [0.15, 0.2) is 42.6 Å². The van der Waals surface area contributed by atoms with Crippen molar-refractivity contribution >= 4 is 17.4 Å². The third-order valence-corrected chi connectivity index (χ3v) is 4.14. The van der Waals surface area contributed by atoms with Crippen molar-refractivity contribution in [2.75, 3.05) is 25.5 Å². The monoisotopic (exact) mass is 326 g/mol. The Kier molecular flexibility index (Phi) is 4.96. The molecule has 0 aliphatic carbocycles.